The van der Waals surface area contributed by atoms with Gasteiger partial charge in [-0.25, -0.2) is 13.2 Å². The largest absolute Gasteiger partial charge is 0.445 e. The second-order valence-electron chi connectivity index (χ2n) is 11.4. The van der Waals surface area contributed by atoms with Crippen molar-refractivity contribution in [2.24, 2.45) is 11.8 Å². The van der Waals surface area contributed by atoms with Crippen LogP contribution in [-0.2, 0) is 35.6 Å². The Bertz CT molecular complexity index is 1200. The maximum atomic E-state index is 13.6. The highest BCUT2D eigenvalue weighted by Gasteiger charge is 2.40. The predicted molar refractivity (Wildman–Crippen MR) is 161 cm³/mol. The van der Waals surface area contributed by atoms with Crippen LogP contribution in [0.25, 0.3) is 0 Å². The smallest absolute Gasteiger partial charge is 0.408 e. The molecular formula is C30H46N4O7S. The third-order valence-corrected chi connectivity index (χ3v) is 7.82. The quantitative estimate of drug-likeness (QED) is 0.295. The van der Waals surface area contributed by atoms with Crippen LogP contribution in [0, 0.1) is 11.8 Å². The van der Waals surface area contributed by atoms with Gasteiger partial charge in [-0.1, -0.05) is 70.5 Å². The number of nitrogens with one attached hydrogen (secondary N) is 3. The standard InChI is InChI=1S/C30H46N4O7S/c1-7-21(4)26(33-30(38)41-19-23-12-9-8-10-13-23)29(37)34-16-11-14-25(34)28(36)31-22(5)27(35)32-24(18-20(2)3)15-17-42(6,39)40/h8-10,12-13,15,17,20-22,24-26H,7,11,14,16,18-19H2,1-6H3,(H,31,36)(H,32,35)(H,33,38)/b17-15+/t21-,22-,24+,25-,26-/m0/s1. The predicted octanol–water partition coefficient (Wildman–Crippen LogP) is 2.91. The van der Waals surface area contributed by atoms with Gasteiger partial charge in [-0.05, 0) is 43.6 Å². The number of hydrogen-bond donors (Lipinski definition) is 3. The second-order valence-corrected chi connectivity index (χ2v) is 13.3. The number of rotatable bonds is 14. The zero-order chi connectivity index (χ0) is 31.4. The summed E-state index contributed by atoms with van der Waals surface area (Å²) in [4.78, 5) is 53.8. The van der Waals surface area contributed by atoms with Gasteiger partial charge in [0.15, 0.2) is 9.84 Å². The van der Waals surface area contributed by atoms with E-state index in [1.54, 1.807) is 0 Å². The van der Waals surface area contributed by atoms with Crippen molar-refractivity contribution in [2.45, 2.75) is 91.1 Å². The number of sulfone groups is 1. The van der Waals surface area contributed by atoms with E-state index in [1.165, 1.54) is 17.9 Å². The molecule has 1 aromatic carbocycles. The molecule has 0 bridgehead atoms. The number of carbonyl (C=O) groups is 4. The summed E-state index contributed by atoms with van der Waals surface area (Å²) in [5.41, 5.74) is 0.815. The van der Waals surface area contributed by atoms with Gasteiger partial charge in [0.05, 0.1) is 0 Å². The fourth-order valence-corrected chi connectivity index (χ4v) is 5.15. The van der Waals surface area contributed by atoms with E-state index in [0.717, 1.165) is 17.2 Å². The molecule has 1 aromatic rings. The van der Waals surface area contributed by atoms with Gasteiger partial charge in [0.25, 0.3) is 0 Å². The molecule has 234 valence electrons. The number of likely N-dealkylation sites (tertiary alicyclic amines) is 1. The van der Waals surface area contributed by atoms with Gasteiger partial charge in [0.1, 0.15) is 24.7 Å². The highest BCUT2D eigenvalue weighted by atomic mass is 32.2. The first-order valence-corrected chi connectivity index (χ1v) is 16.4. The Morgan fingerprint density at radius 2 is 1.71 bits per heavy atom. The third kappa shape index (κ3) is 11.5. The molecule has 1 saturated heterocycles. The van der Waals surface area contributed by atoms with E-state index in [0.29, 0.717) is 32.2 Å². The molecule has 1 heterocycles. The zero-order valence-electron chi connectivity index (χ0n) is 25.5. The van der Waals surface area contributed by atoms with Crippen molar-refractivity contribution < 1.29 is 32.3 Å². The molecule has 42 heavy (non-hydrogen) atoms. The molecule has 2 rings (SSSR count). The van der Waals surface area contributed by atoms with Crippen LogP contribution >= 0.6 is 0 Å². The van der Waals surface area contributed by atoms with Crippen molar-refractivity contribution in [1.29, 1.82) is 0 Å². The molecule has 5 atom stereocenters. The first-order chi connectivity index (χ1) is 19.7. The van der Waals surface area contributed by atoms with Gasteiger partial charge in [-0.3, -0.25) is 14.4 Å². The number of carbonyl (C=O) groups excluding carboxylic acids is 4. The molecule has 1 fully saturated rings. The van der Waals surface area contributed by atoms with Crippen molar-refractivity contribution in [3.63, 3.8) is 0 Å². The Labute approximate surface area is 249 Å². The Kier molecular flexibility index (Phi) is 13.5. The lowest BCUT2D eigenvalue weighted by Crippen LogP contribution is -2.57. The molecule has 0 saturated carbocycles. The van der Waals surface area contributed by atoms with Crippen molar-refractivity contribution >= 4 is 33.7 Å². The molecule has 1 aliphatic heterocycles. The summed E-state index contributed by atoms with van der Waals surface area (Å²) in [6.07, 6.45) is 3.94. The maximum Gasteiger partial charge on any atom is 0.408 e. The van der Waals surface area contributed by atoms with Crippen LogP contribution in [-0.4, -0.2) is 74.1 Å². The van der Waals surface area contributed by atoms with Crippen LogP contribution in [0.1, 0.15) is 65.9 Å². The van der Waals surface area contributed by atoms with Crippen molar-refractivity contribution in [3.8, 4) is 0 Å². The number of nitrogens with zero attached hydrogens (tertiary/aromatic N) is 1. The van der Waals surface area contributed by atoms with E-state index >= 15 is 0 Å². The Morgan fingerprint density at radius 3 is 2.31 bits per heavy atom. The van der Waals surface area contributed by atoms with E-state index < -0.39 is 51.9 Å². The number of amides is 4. The molecule has 1 aliphatic rings. The first kappa shape index (κ1) is 34.8. The van der Waals surface area contributed by atoms with Crippen LogP contribution in [0.2, 0.25) is 0 Å². The highest BCUT2D eigenvalue weighted by molar-refractivity contribution is 7.93. The lowest BCUT2D eigenvalue weighted by molar-refractivity contribution is -0.141. The van der Waals surface area contributed by atoms with Gasteiger partial charge in [0, 0.05) is 24.3 Å². The number of benzene rings is 1. The summed E-state index contributed by atoms with van der Waals surface area (Å²) >= 11 is 0. The van der Waals surface area contributed by atoms with E-state index in [-0.39, 0.29) is 24.3 Å². The summed E-state index contributed by atoms with van der Waals surface area (Å²) in [5, 5.41) is 9.25. The molecule has 11 nitrogen and oxygen atoms in total. The molecule has 12 heteroatoms. The third-order valence-electron chi connectivity index (χ3n) is 7.17. The molecule has 0 unspecified atom stereocenters. The Balaban J connectivity index is 2.05. The summed E-state index contributed by atoms with van der Waals surface area (Å²) in [7, 11) is -3.37. The van der Waals surface area contributed by atoms with Crippen molar-refractivity contribution in [1.82, 2.24) is 20.9 Å². The maximum absolute atomic E-state index is 13.6. The molecule has 0 aliphatic carbocycles. The molecule has 0 aromatic heterocycles. The van der Waals surface area contributed by atoms with E-state index in [9.17, 15) is 27.6 Å². The lowest BCUT2D eigenvalue weighted by atomic mass is 9.97. The monoisotopic (exact) mass is 606 g/mol. The molecule has 0 spiro atoms. The average molecular weight is 607 g/mol. The van der Waals surface area contributed by atoms with E-state index in [4.69, 9.17) is 4.74 Å². The second kappa shape index (κ2) is 16.3. The zero-order valence-corrected chi connectivity index (χ0v) is 26.3. The van der Waals surface area contributed by atoms with Gasteiger partial charge < -0.3 is 25.6 Å². The molecular weight excluding hydrogens is 560 g/mol. The Morgan fingerprint density at radius 1 is 1.05 bits per heavy atom. The number of alkyl carbamates (subject to hydrolysis) is 1. The summed E-state index contributed by atoms with van der Waals surface area (Å²) in [6.45, 7) is 9.61. The average Bonchev–Trinajstić information content (AvgIpc) is 3.43. The fourth-order valence-electron chi connectivity index (χ4n) is 4.67. The van der Waals surface area contributed by atoms with Gasteiger partial charge in [0.2, 0.25) is 17.7 Å². The first-order valence-electron chi connectivity index (χ1n) is 14.5. The molecule has 0 radical (unpaired) electrons. The summed E-state index contributed by atoms with van der Waals surface area (Å²) in [5.74, 6) is -1.34. The van der Waals surface area contributed by atoms with Crippen LogP contribution in [0.15, 0.2) is 41.8 Å². The SMILES string of the molecule is CC[C@H](C)[C@H](NC(=O)OCc1ccccc1)C(=O)N1CCC[C@H]1C(=O)N[C@@H](C)C(=O)N[C@H](/C=C/S(C)(=O)=O)CC(C)C. The van der Waals surface area contributed by atoms with Crippen molar-refractivity contribution in [2.75, 3.05) is 12.8 Å². The lowest BCUT2D eigenvalue weighted by Gasteiger charge is -2.31. The van der Waals surface area contributed by atoms with Gasteiger partial charge in [-0.15, -0.1) is 0 Å². The van der Waals surface area contributed by atoms with Crippen LogP contribution in [0.4, 0.5) is 4.79 Å². The summed E-state index contributed by atoms with van der Waals surface area (Å²) in [6, 6.07) is 6.07. The minimum absolute atomic E-state index is 0.0604. The van der Waals surface area contributed by atoms with E-state index in [2.05, 4.69) is 16.0 Å². The molecule has 4 amide bonds. The fraction of sp³-hybridized carbons (Fsp3) is 0.600. The van der Waals surface area contributed by atoms with Crippen LogP contribution in [0.5, 0.6) is 0 Å². The van der Waals surface area contributed by atoms with Crippen LogP contribution in [0.3, 0.4) is 0 Å². The highest BCUT2D eigenvalue weighted by Crippen LogP contribution is 2.22. The minimum Gasteiger partial charge on any atom is -0.445 e. The van der Waals surface area contributed by atoms with Crippen molar-refractivity contribution in [3.05, 3.63) is 47.4 Å². The minimum atomic E-state index is -3.37. The van der Waals surface area contributed by atoms with E-state index in [1.807, 2.05) is 58.0 Å². The number of ether oxygens (including phenoxy) is 1. The Hall–Kier alpha value is -3.41. The summed E-state index contributed by atoms with van der Waals surface area (Å²) < 4.78 is 28.4. The number of hydrogen-bond acceptors (Lipinski definition) is 7. The van der Waals surface area contributed by atoms with Crippen LogP contribution < -0.4 is 16.0 Å². The van der Waals surface area contributed by atoms with Gasteiger partial charge >= 0.3 is 6.09 Å². The normalized spacial score (nSPS) is 18.3. The van der Waals surface area contributed by atoms with Gasteiger partial charge in [-0.2, -0.15) is 0 Å². The topological polar surface area (TPSA) is 151 Å². The molecule has 3 N–H and O–H groups in total.